The number of nitrogens with zero attached hydrogens (tertiary/aromatic N) is 1. The smallest absolute Gasteiger partial charge is 0.192 e. The van der Waals surface area contributed by atoms with Gasteiger partial charge in [0.1, 0.15) is 17.9 Å². The zero-order valence-electron chi connectivity index (χ0n) is 19.4. The summed E-state index contributed by atoms with van der Waals surface area (Å²) >= 11 is 0. The zero-order chi connectivity index (χ0) is 21.9. The van der Waals surface area contributed by atoms with E-state index in [0.29, 0.717) is 19.8 Å². The first kappa shape index (κ1) is 23.4. The van der Waals surface area contributed by atoms with Crippen LogP contribution in [0.3, 0.4) is 0 Å². The van der Waals surface area contributed by atoms with Crippen molar-refractivity contribution in [1.29, 1.82) is 0 Å². The number of ether oxygens (including phenoxy) is 3. The molecule has 1 fully saturated rings. The Hall–Kier alpha value is -1.22. The van der Waals surface area contributed by atoms with E-state index in [1.165, 1.54) is 5.56 Å². The molecule has 2 aliphatic rings. The molecule has 6 nitrogen and oxygen atoms in total. The standard InChI is InChI=1S/C23H37NO5Si/c1-17-26-16-20(29-30(6,7)23(2,3)4)22(28-17)21-19(25-5)13-14-27-24(21)15-18-11-9-8-10-12-18/h8-13,17,20-22H,14-16H2,1-7H3/t17-,20-,21+,22-/m1/s1. The molecule has 0 bridgehead atoms. The molecule has 0 aliphatic carbocycles. The zero-order valence-corrected chi connectivity index (χ0v) is 20.4. The van der Waals surface area contributed by atoms with Crippen molar-refractivity contribution in [3.63, 3.8) is 0 Å². The average molecular weight is 436 g/mol. The van der Waals surface area contributed by atoms with Gasteiger partial charge < -0.3 is 18.6 Å². The second-order valence-electron chi connectivity index (χ2n) is 9.53. The van der Waals surface area contributed by atoms with E-state index in [-0.39, 0.29) is 29.6 Å². The van der Waals surface area contributed by atoms with Gasteiger partial charge in [-0.25, -0.2) is 0 Å². The van der Waals surface area contributed by atoms with E-state index in [0.717, 1.165) is 5.76 Å². The molecule has 0 unspecified atom stereocenters. The molecule has 2 heterocycles. The number of hydroxylamine groups is 2. The maximum Gasteiger partial charge on any atom is 0.192 e. The molecule has 168 valence electrons. The van der Waals surface area contributed by atoms with Crippen molar-refractivity contribution in [2.24, 2.45) is 0 Å². The van der Waals surface area contributed by atoms with Gasteiger partial charge in [-0.05, 0) is 36.7 Å². The lowest BCUT2D eigenvalue weighted by molar-refractivity contribution is -0.288. The molecule has 2 aliphatic heterocycles. The monoisotopic (exact) mass is 435 g/mol. The summed E-state index contributed by atoms with van der Waals surface area (Å²) in [5.74, 6) is 0.847. The average Bonchev–Trinajstić information content (AvgIpc) is 2.69. The van der Waals surface area contributed by atoms with E-state index >= 15 is 0 Å². The summed E-state index contributed by atoms with van der Waals surface area (Å²) in [6, 6.07) is 10.1. The minimum absolute atomic E-state index is 0.0906. The molecule has 0 saturated carbocycles. The number of rotatable bonds is 6. The van der Waals surface area contributed by atoms with Gasteiger partial charge in [-0.3, -0.25) is 4.84 Å². The molecule has 1 aromatic carbocycles. The fourth-order valence-electron chi connectivity index (χ4n) is 3.60. The van der Waals surface area contributed by atoms with Gasteiger partial charge in [0.05, 0.1) is 33.0 Å². The lowest BCUT2D eigenvalue weighted by atomic mass is 10.0. The Morgan fingerprint density at radius 3 is 2.50 bits per heavy atom. The first-order chi connectivity index (χ1) is 14.1. The van der Waals surface area contributed by atoms with Crippen molar-refractivity contribution in [3.8, 4) is 0 Å². The normalized spacial score (nSPS) is 28.8. The second kappa shape index (κ2) is 9.50. The van der Waals surface area contributed by atoms with Crippen molar-refractivity contribution >= 4 is 8.32 Å². The molecule has 0 amide bonds. The molecular formula is C23H37NO5Si. The van der Waals surface area contributed by atoms with E-state index in [1.807, 2.05) is 36.3 Å². The highest BCUT2D eigenvalue weighted by Gasteiger charge is 2.48. The third-order valence-corrected chi connectivity index (χ3v) is 10.8. The Morgan fingerprint density at radius 1 is 1.17 bits per heavy atom. The van der Waals surface area contributed by atoms with Crippen LogP contribution in [-0.2, 0) is 30.0 Å². The van der Waals surface area contributed by atoms with Gasteiger partial charge in [-0.1, -0.05) is 51.1 Å². The molecule has 1 saturated heterocycles. The van der Waals surface area contributed by atoms with Gasteiger partial charge in [0, 0.05) is 0 Å². The quantitative estimate of drug-likeness (QED) is 0.614. The lowest BCUT2D eigenvalue weighted by Crippen LogP contribution is -2.60. The second-order valence-corrected chi connectivity index (χ2v) is 14.3. The van der Waals surface area contributed by atoms with Crippen LogP contribution in [0.1, 0.15) is 33.3 Å². The molecule has 3 rings (SSSR count). The molecular weight excluding hydrogens is 398 g/mol. The maximum absolute atomic E-state index is 6.77. The van der Waals surface area contributed by atoms with Crippen LogP contribution in [0.15, 0.2) is 42.2 Å². The maximum atomic E-state index is 6.77. The van der Waals surface area contributed by atoms with E-state index in [2.05, 4.69) is 46.0 Å². The number of hydrogen-bond donors (Lipinski definition) is 0. The minimum Gasteiger partial charge on any atom is -0.499 e. The third-order valence-electron chi connectivity index (χ3n) is 6.32. The van der Waals surface area contributed by atoms with Crippen LogP contribution in [0.4, 0.5) is 0 Å². The van der Waals surface area contributed by atoms with Gasteiger partial charge in [0.25, 0.3) is 0 Å². The molecule has 0 spiro atoms. The number of benzene rings is 1. The molecule has 0 radical (unpaired) electrons. The van der Waals surface area contributed by atoms with E-state index < -0.39 is 8.32 Å². The fourth-order valence-corrected chi connectivity index (χ4v) is 4.92. The summed E-state index contributed by atoms with van der Waals surface area (Å²) in [7, 11) is -0.322. The van der Waals surface area contributed by atoms with Crippen LogP contribution in [0.5, 0.6) is 0 Å². The largest absolute Gasteiger partial charge is 0.499 e. The van der Waals surface area contributed by atoms with Crippen molar-refractivity contribution in [1.82, 2.24) is 5.06 Å². The highest BCUT2D eigenvalue weighted by Crippen LogP contribution is 2.39. The van der Waals surface area contributed by atoms with Crippen molar-refractivity contribution in [2.45, 2.75) is 76.9 Å². The summed E-state index contributed by atoms with van der Waals surface area (Å²) in [5, 5.41) is 2.06. The minimum atomic E-state index is -2.03. The highest BCUT2D eigenvalue weighted by molar-refractivity contribution is 6.74. The summed E-state index contributed by atoms with van der Waals surface area (Å²) in [5.41, 5.74) is 1.17. The Morgan fingerprint density at radius 2 is 1.87 bits per heavy atom. The van der Waals surface area contributed by atoms with E-state index in [1.54, 1.807) is 7.11 Å². The van der Waals surface area contributed by atoms with Gasteiger partial charge in [-0.15, -0.1) is 0 Å². The van der Waals surface area contributed by atoms with Gasteiger partial charge in [0.2, 0.25) is 0 Å². The van der Waals surface area contributed by atoms with Crippen LogP contribution in [0.2, 0.25) is 18.1 Å². The van der Waals surface area contributed by atoms with Crippen LogP contribution < -0.4 is 0 Å². The van der Waals surface area contributed by atoms with Crippen molar-refractivity contribution in [3.05, 3.63) is 47.7 Å². The van der Waals surface area contributed by atoms with Crippen LogP contribution in [0, 0.1) is 0 Å². The van der Waals surface area contributed by atoms with Crippen LogP contribution in [0.25, 0.3) is 0 Å². The lowest BCUT2D eigenvalue weighted by Gasteiger charge is -2.48. The van der Waals surface area contributed by atoms with Gasteiger partial charge >= 0.3 is 0 Å². The summed E-state index contributed by atoms with van der Waals surface area (Å²) < 4.78 is 24.7. The molecule has 30 heavy (non-hydrogen) atoms. The fraction of sp³-hybridized carbons (Fsp3) is 0.652. The molecule has 0 aromatic heterocycles. The van der Waals surface area contributed by atoms with E-state index in [9.17, 15) is 0 Å². The Balaban J connectivity index is 1.90. The van der Waals surface area contributed by atoms with Crippen molar-refractivity contribution < 1.29 is 23.5 Å². The third kappa shape index (κ3) is 5.33. The highest BCUT2D eigenvalue weighted by atomic mass is 28.4. The molecule has 0 N–H and O–H groups in total. The Kier molecular flexibility index (Phi) is 7.43. The summed E-state index contributed by atoms with van der Waals surface area (Å²) in [6.07, 6.45) is 1.20. The molecule has 4 atom stereocenters. The number of hydrogen-bond acceptors (Lipinski definition) is 6. The Bertz CT molecular complexity index is 718. The van der Waals surface area contributed by atoms with Gasteiger partial charge in [0.15, 0.2) is 14.6 Å². The number of methoxy groups -OCH3 is 1. The first-order valence-electron chi connectivity index (χ1n) is 10.7. The Labute approximate surface area is 182 Å². The van der Waals surface area contributed by atoms with E-state index in [4.69, 9.17) is 23.5 Å². The van der Waals surface area contributed by atoms with Crippen LogP contribution in [-0.4, -0.2) is 58.2 Å². The topological polar surface area (TPSA) is 49.4 Å². The van der Waals surface area contributed by atoms with Crippen LogP contribution >= 0.6 is 0 Å². The summed E-state index contributed by atoms with van der Waals surface area (Å²) in [6.45, 7) is 14.8. The predicted molar refractivity (Wildman–Crippen MR) is 119 cm³/mol. The predicted octanol–water partition coefficient (Wildman–Crippen LogP) is 4.48. The summed E-state index contributed by atoms with van der Waals surface area (Å²) in [4.78, 5) is 6.07. The molecule has 7 heteroatoms. The van der Waals surface area contributed by atoms with Gasteiger partial charge in [-0.2, -0.15) is 5.06 Å². The molecule has 1 aromatic rings. The SMILES string of the molecule is COC1=CCON(Cc2ccccc2)[C@@H]1[C@@H]1O[C@H](C)OC[C@H]1O[Si](C)(C)C(C)(C)C. The first-order valence-corrected chi connectivity index (χ1v) is 13.7. The van der Waals surface area contributed by atoms with Crippen molar-refractivity contribution in [2.75, 3.05) is 20.3 Å².